The number of likely N-dealkylation sites (tertiary alicyclic amines) is 1. The van der Waals surface area contributed by atoms with Crippen LogP contribution in [0.5, 0.6) is 0 Å². The molecule has 5 nitrogen and oxygen atoms in total. The number of amides is 2. The van der Waals surface area contributed by atoms with Crippen LogP contribution in [-0.2, 0) is 27.5 Å². The van der Waals surface area contributed by atoms with Gasteiger partial charge in [0.2, 0.25) is 11.8 Å². The maximum Gasteiger partial charge on any atom is 0.246 e. The lowest BCUT2D eigenvalue weighted by atomic mass is 9.86. The standard InChI is InChI=1S/C21H24N2O3S/c24-19-8-9-21(23(19)26-16-17-5-2-1-3-6-17)10-12-22(13-11-21)20(25)15-18-7-4-14-27-18/h1-7,14H,8-13,15-16H2. The van der Waals surface area contributed by atoms with Crippen LogP contribution in [0, 0.1) is 0 Å². The van der Waals surface area contributed by atoms with E-state index in [1.807, 2.05) is 52.7 Å². The third-order valence-corrected chi connectivity index (χ3v) is 6.49. The van der Waals surface area contributed by atoms with E-state index in [1.165, 1.54) is 0 Å². The first kappa shape index (κ1) is 18.2. The molecule has 0 N–H and O–H groups in total. The zero-order chi connectivity index (χ0) is 18.7. The molecule has 1 spiro atoms. The Hall–Kier alpha value is -2.18. The third kappa shape index (κ3) is 3.92. The molecule has 2 aliphatic heterocycles. The van der Waals surface area contributed by atoms with Gasteiger partial charge in [0.15, 0.2) is 0 Å². The summed E-state index contributed by atoms with van der Waals surface area (Å²) < 4.78 is 0. The summed E-state index contributed by atoms with van der Waals surface area (Å²) in [5.41, 5.74) is 0.793. The van der Waals surface area contributed by atoms with Crippen molar-refractivity contribution in [2.24, 2.45) is 0 Å². The molecule has 0 aliphatic carbocycles. The highest BCUT2D eigenvalue weighted by Gasteiger charge is 2.48. The van der Waals surface area contributed by atoms with Crippen LogP contribution in [-0.4, -0.2) is 40.4 Å². The molecule has 0 saturated carbocycles. The van der Waals surface area contributed by atoms with Crippen molar-refractivity contribution in [2.75, 3.05) is 13.1 Å². The van der Waals surface area contributed by atoms with Gasteiger partial charge in [0.1, 0.15) is 6.61 Å². The lowest BCUT2D eigenvalue weighted by Gasteiger charge is -2.43. The van der Waals surface area contributed by atoms with Crippen LogP contribution in [0.2, 0.25) is 0 Å². The van der Waals surface area contributed by atoms with Crippen molar-refractivity contribution in [3.8, 4) is 0 Å². The lowest BCUT2D eigenvalue weighted by Crippen LogP contribution is -2.54. The molecule has 2 aliphatic rings. The average Bonchev–Trinajstić information content (AvgIpc) is 3.30. The van der Waals surface area contributed by atoms with Crippen molar-refractivity contribution < 1.29 is 14.4 Å². The SMILES string of the molecule is O=C(Cc1cccs1)N1CCC2(CCC(=O)N2OCc2ccccc2)CC1. The summed E-state index contributed by atoms with van der Waals surface area (Å²) >= 11 is 1.62. The van der Waals surface area contributed by atoms with Gasteiger partial charge in [-0.05, 0) is 36.3 Å². The fraction of sp³-hybridized carbons (Fsp3) is 0.429. The summed E-state index contributed by atoms with van der Waals surface area (Å²) in [6.07, 6.45) is 3.37. The molecule has 3 heterocycles. The Balaban J connectivity index is 1.36. The maximum absolute atomic E-state index is 12.5. The van der Waals surface area contributed by atoms with Gasteiger partial charge in [0, 0.05) is 24.4 Å². The fourth-order valence-electron chi connectivity index (χ4n) is 4.03. The summed E-state index contributed by atoms with van der Waals surface area (Å²) in [5, 5.41) is 3.63. The van der Waals surface area contributed by atoms with Crippen molar-refractivity contribution in [3.63, 3.8) is 0 Å². The van der Waals surface area contributed by atoms with Crippen molar-refractivity contribution >= 4 is 23.2 Å². The Kier molecular flexibility index (Phi) is 5.27. The number of hydrogen-bond donors (Lipinski definition) is 0. The quantitative estimate of drug-likeness (QED) is 0.794. The molecule has 0 bridgehead atoms. The van der Waals surface area contributed by atoms with Gasteiger partial charge in [-0.3, -0.25) is 14.4 Å². The van der Waals surface area contributed by atoms with Crippen LogP contribution >= 0.6 is 11.3 Å². The van der Waals surface area contributed by atoms with Crippen molar-refractivity contribution in [1.82, 2.24) is 9.96 Å². The molecule has 142 valence electrons. The summed E-state index contributed by atoms with van der Waals surface area (Å²) in [6, 6.07) is 13.9. The van der Waals surface area contributed by atoms with E-state index in [0.29, 0.717) is 32.5 Å². The molecule has 2 fully saturated rings. The normalized spacial score (nSPS) is 19.0. The number of rotatable bonds is 5. The summed E-state index contributed by atoms with van der Waals surface area (Å²) in [5.74, 6) is 0.234. The smallest absolute Gasteiger partial charge is 0.246 e. The highest BCUT2D eigenvalue weighted by atomic mass is 32.1. The Morgan fingerprint density at radius 3 is 2.56 bits per heavy atom. The minimum absolute atomic E-state index is 0.0595. The van der Waals surface area contributed by atoms with Crippen molar-refractivity contribution in [3.05, 3.63) is 58.3 Å². The first-order chi connectivity index (χ1) is 13.2. The van der Waals surface area contributed by atoms with Crippen molar-refractivity contribution in [1.29, 1.82) is 0 Å². The van der Waals surface area contributed by atoms with Gasteiger partial charge in [-0.15, -0.1) is 11.3 Å². The number of thiophene rings is 1. The predicted molar refractivity (Wildman–Crippen MR) is 104 cm³/mol. The number of carbonyl (C=O) groups is 2. The van der Waals surface area contributed by atoms with Crippen molar-refractivity contribution in [2.45, 2.75) is 44.2 Å². The largest absolute Gasteiger partial charge is 0.342 e. The third-order valence-electron chi connectivity index (χ3n) is 5.62. The maximum atomic E-state index is 12.5. The summed E-state index contributed by atoms with van der Waals surface area (Å²) in [7, 11) is 0. The lowest BCUT2D eigenvalue weighted by molar-refractivity contribution is -0.222. The van der Waals surface area contributed by atoms with Gasteiger partial charge in [-0.2, -0.15) is 0 Å². The zero-order valence-electron chi connectivity index (χ0n) is 15.3. The first-order valence-corrected chi connectivity index (χ1v) is 10.3. The molecule has 6 heteroatoms. The van der Waals surface area contributed by atoms with Crippen LogP contribution in [0.3, 0.4) is 0 Å². The number of hydrogen-bond acceptors (Lipinski definition) is 4. The van der Waals surface area contributed by atoms with Gasteiger partial charge in [-0.1, -0.05) is 36.4 Å². The molecule has 2 aromatic rings. The summed E-state index contributed by atoms with van der Waals surface area (Å²) in [4.78, 5) is 34.0. The molecule has 0 radical (unpaired) electrons. The molecule has 2 saturated heterocycles. The van der Waals surface area contributed by atoms with Crippen LogP contribution in [0.25, 0.3) is 0 Å². The van der Waals surface area contributed by atoms with Gasteiger partial charge in [-0.25, -0.2) is 5.06 Å². The summed E-state index contributed by atoms with van der Waals surface area (Å²) in [6.45, 7) is 1.76. The number of carbonyl (C=O) groups excluding carboxylic acids is 2. The molecule has 1 aromatic heterocycles. The molecule has 1 aromatic carbocycles. The molecule has 0 unspecified atom stereocenters. The topological polar surface area (TPSA) is 49.9 Å². The second kappa shape index (κ2) is 7.82. The van der Waals surface area contributed by atoms with Gasteiger partial charge in [0.25, 0.3) is 0 Å². The second-order valence-corrected chi connectivity index (χ2v) is 8.34. The Morgan fingerprint density at radius 2 is 1.85 bits per heavy atom. The monoisotopic (exact) mass is 384 g/mol. The predicted octanol–water partition coefficient (Wildman–Crippen LogP) is 3.41. The fourth-order valence-corrected chi connectivity index (χ4v) is 4.72. The Morgan fingerprint density at radius 1 is 1.07 bits per heavy atom. The molecular formula is C21H24N2O3S. The van der Waals surface area contributed by atoms with E-state index in [-0.39, 0.29) is 17.4 Å². The van der Waals surface area contributed by atoms with E-state index in [4.69, 9.17) is 4.84 Å². The molecule has 27 heavy (non-hydrogen) atoms. The molecule has 0 atom stereocenters. The van der Waals surface area contributed by atoms with Crippen LogP contribution in [0.1, 0.15) is 36.1 Å². The van der Waals surface area contributed by atoms with E-state index in [2.05, 4.69) is 0 Å². The number of nitrogens with zero attached hydrogens (tertiary/aromatic N) is 2. The second-order valence-electron chi connectivity index (χ2n) is 7.31. The minimum Gasteiger partial charge on any atom is -0.342 e. The molecule has 4 rings (SSSR count). The Labute approximate surface area is 163 Å². The van der Waals surface area contributed by atoms with Crippen LogP contribution in [0.15, 0.2) is 47.8 Å². The zero-order valence-corrected chi connectivity index (χ0v) is 16.1. The average molecular weight is 385 g/mol. The number of hydroxylamine groups is 2. The highest BCUT2D eigenvalue weighted by molar-refractivity contribution is 7.10. The van der Waals surface area contributed by atoms with E-state index >= 15 is 0 Å². The minimum atomic E-state index is -0.258. The van der Waals surface area contributed by atoms with Crippen LogP contribution < -0.4 is 0 Å². The number of benzene rings is 1. The molecule has 2 amide bonds. The van der Waals surface area contributed by atoms with E-state index in [9.17, 15) is 9.59 Å². The van der Waals surface area contributed by atoms with E-state index < -0.39 is 0 Å². The highest BCUT2D eigenvalue weighted by Crippen LogP contribution is 2.39. The van der Waals surface area contributed by atoms with E-state index in [0.717, 1.165) is 29.7 Å². The van der Waals surface area contributed by atoms with E-state index in [1.54, 1.807) is 16.4 Å². The van der Waals surface area contributed by atoms with Gasteiger partial charge in [0.05, 0.1) is 12.0 Å². The number of piperidine rings is 1. The Bertz CT molecular complexity index is 783. The molecular weight excluding hydrogens is 360 g/mol. The van der Waals surface area contributed by atoms with Gasteiger partial charge < -0.3 is 4.90 Å². The van der Waals surface area contributed by atoms with Gasteiger partial charge >= 0.3 is 0 Å². The van der Waals surface area contributed by atoms with Crippen LogP contribution in [0.4, 0.5) is 0 Å². The first-order valence-electron chi connectivity index (χ1n) is 9.46.